The number of carbonyl (C=O) groups excluding carboxylic acids is 2. The zero-order valence-electron chi connectivity index (χ0n) is 44.7. The standard InChI is InChI=1S/C60H117NO5/c1-3-5-7-9-11-13-15-28-32-36-40-44-48-52-58(63)57(56-62)61-59(64)53-49-45-41-37-33-30-26-24-22-20-18-17-19-21-23-25-27-31-35-39-43-47-51-55-66-60(65)54-50-46-42-38-34-29-16-14-12-10-8-6-4-2/h14,16,57-58,62-63H,3-13,15,17-56H2,1-2H3,(H,61,64)/b16-14-. The third-order valence-electron chi connectivity index (χ3n) is 14.1. The van der Waals surface area contributed by atoms with Crippen molar-refractivity contribution >= 4 is 11.9 Å². The summed E-state index contributed by atoms with van der Waals surface area (Å²) >= 11 is 0. The molecule has 0 aliphatic heterocycles. The Labute approximate surface area is 412 Å². The van der Waals surface area contributed by atoms with Crippen LogP contribution >= 0.6 is 0 Å². The lowest BCUT2D eigenvalue weighted by molar-refractivity contribution is -0.143. The highest BCUT2D eigenvalue weighted by molar-refractivity contribution is 5.76. The van der Waals surface area contributed by atoms with Crippen molar-refractivity contribution in [2.24, 2.45) is 0 Å². The highest BCUT2D eigenvalue weighted by Crippen LogP contribution is 2.18. The summed E-state index contributed by atoms with van der Waals surface area (Å²) in [6.07, 6.45) is 66.4. The molecule has 6 nitrogen and oxygen atoms in total. The average molecular weight is 933 g/mol. The van der Waals surface area contributed by atoms with Crippen LogP contribution in [0.15, 0.2) is 12.2 Å². The highest BCUT2D eigenvalue weighted by atomic mass is 16.5. The molecule has 2 unspecified atom stereocenters. The van der Waals surface area contributed by atoms with Gasteiger partial charge in [0.2, 0.25) is 5.91 Å². The molecule has 0 radical (unpaired) electrons. The van der Waals surface area contributed by atoms with Crippen LogP contribution in [0.25, 0.3) is 0 Å². The third kappa shape index (κ3) is 52.0. The van der Waals surface area contributed by atoms with E-state index in [0.29, 0.717) is 25.9 Å². The number of hydrogen-bond donors (Lipinski definition) is 3. The lowest BCUT2D eigenvalue weighted by atomic mass is 10.0. The second-order valence-electron chi connectivity index (χ2n) is 20.7. The van der Waals surface area contributed by atoms with Gasteiger partial charge in [0, 0.05) is 12.8 Å². The predicted octanol–water partition coefficient (Wildman–Crippen LogP) is 18.5. The van der Waals surface area contributed by atoms with Gasteiger partial charge in [-0.1, -0.05) is 283 Å². The number of hydrogen-bond acceptors (Lipinski definition) is 5. The Kier molecular flexibility index (Phi) is 55.0. The molecule has 3 N–H and O–H groups in total. The van der Waals surface area contributed by atoms with E-state index in [2.05, 4.69) is 31.3 Å². The molecule has 66 heavy (non-hydrogen) atoms. The van der Waals surface area contributed by atoms with Crippen molar-refractivity contribution in [2.75, 3.05) is 13.2 Å². The summed E-state index contributed by atoms with van der Waals surface area (Å²) in [5, 5.41) is 23.2. The molecule has 0 heterocycles. The summed E-state index contributed by atoms with van der Waals surface area (Å²) in [7, 11) is 0. The Bertz CT molecular complexity index is 986. The first-order chi connectivity index (χ1) is 32.5. The molecular weight excluding hydrogens is 815 g/mol. The van der Waals surface area contributed by atoms with Gasteiger partial charge in [0.15, 0.2) is 0 Å². The summed E-state index contributed by atoms with van der Waals surface area (Å²) in [5.74, 6) is -0.0275. The van der Waals surface area contributed by atoms with E-state index in [1.807, 2.05) is 0 Å². The van der Waals surface area contributed by atoms with Crippen LogP contribution in [-0.4, -0.2) is 47.4 Å². The number of aliphatic hydroxyl groups excluding tert-OH is 2. The lowest BCUT2D eigenvalue weighted by Crippen LogP contribution is -2.45. The van der Waals surface area contributed by atoms with Crippen LogP contribution in [0.5, 0.6) is 0 Å². The van der Waals surface area contributed by atoms with E-state index in [9.17, 15) is 19.8 Å². The molecule has 1 amide bonds. The predicted molar refractivity (Wildman–Crippen MR) is 287 cm³/mol. The van der Waals surface area contributed by atoms with Crippen LogP contribution in [0.2, 0.25) is 0 Å². The number of allylic oxidation sites excluding steroid dienone is 2. The quantitative estimate of drug-likeness (QED) is 0.0321. The molecule has 0 aromatic heterocycles. The van der Waals surface area contributed by atoms with Gasteiger partial charge in [-0.2, -0.15) is 0 Å². The second kappa shape index (κ2) is 56.2. The molecule has 0 saturated heterocycles. The van der Waals surface area contributed by atoms with E-state index in [1.54, 1.807) is 0 Å². The molecule has 0 rings (SSSR count). The molecule has 0 aromatic carbocycles. The van der Waals surface area contributed by atoms with Gasteiger partial charge in [0.25, 0.3) is 0 Å². The molecule has 0 saturated carbocycles. The van der Waals surface area contributed by atoms with Crippen molar-refractivity contribution in [1.82, 2.24) is 5.32 Å². The first-order valence-electron chi connectivity index (χ1n) is 29.9. The van der Waals surface area contributed by atoms with E-state index < -0.39 is 12.1 Å². The third-order valence-corrected chi connectivity index (χ3v) is 14.1. The summed E-state index contributed by atoms with van der Waals surface area (Å²) in [6, 6.07) is -0.539. The van der Waals surface area contributed by atoms with E-state index >= 15 is 0 Å². The molecule has 0 aromatic rings. The van der Waals surface area contributed by atoms with Crippen molar-refractivity contribution in [1.29, 1.82) is 0 Å². The van der Waals surface area contributed by atoms with Crippen LogP contribution in [0.1, 0.15) is 335 Å². The van der Waals surface area contributed by atoms with Crippen LogP contribution < -0.4 is 5.32 Å². The summed E-state index contributed by atoms with van der Waals surface area (Å²) < 4.78 is 5.47. The van der Waals surface area contributed by atoms with Crippen molar-refractivity contribution in [2.45, 2.75) is 347 Å². The van der Waals surface area contributed by atoms with Crippen LogP contribution in [-0.2, 0) is 14.3 Å². The Hall–Kier alpha value is -1.40. The van der Waals surface area contributed by atoms with Crippen molar-refractivity contribution in [3.05, 3.63) is 12.2 Å². The summed E-state index contributed by atoms with van der Waals surface area (Å²) in [4.78, 5) is 24.5. The number of rotatable bonds is 56. The first kappa shape index (κ1) is 64.6. The van der Waals surface area contributed by atoms with E-state index in [-0.39, 0.29) is 18.5 Å². The van der Waals surface area contributed by atoms with E-state index in [4.69, 9.17) is 4.74 Å². The molecular formula is C60H117NO5. The number of nitrogens with one attached hydrogen (secondary N) is 1. The van der Waals surface area contributed by atoms with Crippen molar-refractivity contribution < 1.29 is 24.5 Å². The summed E-state index contributed by atoms with van der Waals surface area (Å²) in [6.45, 7) is 4.95. The Morgan fingerprint density at radius 1 is 0.409 bits per heavy atom. The minimum atomic E-state index is -0.662. The van der Waals surface area contributed by atoms with Gasteiger partial charge in [-0.25, -0.2) is 0 Å². The molecule has 0 fully saturated rings. The first-order valence-corrected chi connectivity index (χ1v) is 29.9. The number of esters is 1. The van der Waals surface area contributed by atoms with E-state index in [1.165, 1.54) is 257 Å². The molecule has 0 aliphatic carbocycles. The van der Waals surface area contributed by atoms with Gasteiger partial charge in [-0.05, 0) is 51.4 Å². The maximum absolute atomic E-state index is 12.5. The number of unbranched alkanes of at least 4 members (excludes halogenated alkanes) is 43. The monoisotopic (exact) mass is 932 g/mol. The van der Waals surface area contributed by atoms with E-state index in [0.717, 1.165) is 44.9 Å². The fourth-order valence-electron chi connectivity index (χ4n) is 9.46. The number of aliphatic hydroxyl groups is 2. The Balaban J connectivity index is 3.36. The van der Waals surface area contributed by atoms with Gasteiger partial charge in [0.1, 0.15) is 0 Å². The topological polar surface area (TPSA) is 95.9 Å². The zero-order valence-corrected chi connectivity index (χ0v) is 44.7. The smallest absolute Gasteiger partial charge is 0.305 e. The molecule has 0 bridgehead atoms. The summed E-state index contributed by atoms with van der Waals surface area (Å²) in [5.41, 5.74) is 0. The van der Waals surface area contributed by atoms with Crippen molar-refractivity contribution in [3.8, 4) is 0 Å². The SMILES string of the molecule is CCCCCC/C=C\CCCCCCCC(=O)OCCCCCCCCCCCCCCCCCCCCCCCCCC(=O)NC(CO)C(O)CCCCCCCCCCCCCCC. The van der Waals surface area contributed by atoms with Crippen LogP contribution in [0.4, 0.5) is 0 Å². The highest BCUT2D eigenvalue weighted by Gasteiger charge is 2.20. The van der Waals surface area contributed by atoms with Gasteiger partial charge in [0.05, 0.1) is 25.4 Å². The number of amides is 1. The largest absolute Gasteiger partial charge is 0.466 e. The molecule has 392 valence electrons. The zero-order chi connectivity index (χ0) is 47.9. The molecule has 0 spiro atoms. The van der Waals surface area contributed by atoms with Gasteiger partial charge in [-0.3, -0.25) is 9.59 Å². The Morgan fingerprint density at radius 2 is 0.712 bits per heavy atom. The molecule has 2 atom stereocenters. The minimum Gasteiger partial charge on any atom is -0.466 e. The maximum atomic E-state index is 12.5. The Morgan fingerprint density at radius 3 is 1.09 bits per heavy atom. The lowest BCUT2D eigenvalue weighted by Gasteiger charge is -2.22. The van der Waals surface area contributed by atoms with Crippen LogP contribution in [0, 0.1) is 0 Å². The molecule has 0 aliphatic rings. The number of carbonyl (C=O) groups is 2. The maximum Gasteiger partial charge on any atom is 0.305 e. The molecule has 6 heteroatoms. The minimum absolute atomic E-state index is 0.00559. The second-order valence-corrected chi connectivity index (χ2v) is 20.7. The average Bonchev–Trinajstić information content (AvgIpc) is 3.32. The van der Waals surface area contributed by atoms with Gasteiger partial charge in [-0.15, -0.1) is 0 Å². The van der Waals surface area contributed by atoms with Crippen molar-refractivity contribution in [3.63, 3.8) is 0 Å². The number of ether oxygens (including phenoxy) is 1. The van der Waals surface area contributed by atoms with Gasteiger partial charge < -0.3 is 20.3 Å². The fourth-order valence-corrected chi connectivity index (χ4v) is 9.46. The normalized spacial score (nSPS) is 12.6. The fraction of sp³-hybridized carbons (Fsp3) is 0.933. The van der Waals surface area contributed by atoms with Crippen LogP contribution in [0.3, 0.4) is 0 Å². The van der Waals surface area contributed by atoms with Gasteiger partial charge >= 0.3 is 5.97 Å².